The molecule has 4 aromatic rings. The molecule has 0 fully saturated rings. The molecule has 0 atom stereocenters. The predicted octanol–water partition coefficient (Wildman–Crippen LogP) is 9.24. The number of rotatable bonds is 18. The molecule has 4 aromatic carbocycles. The molecule has 0 aromatic heterocycles. The lowest BCUT2D eigenvalue weighted by Crippen LogP contribution is -2.66. The Kier molecular flexibility index (Phi) is 15.4. The van der Waals surface area contributed by atoms with Crippen LogP contribution in [0.1, 0.15) is 68.2 Å². The molecule has 4 rings (SSSR count). The van der Waals surface area contributed by atoms with E-state index in [4.69, 9.17) is 17.9 Å². The van der Waals surface area contributed by atoms with Crippen molar-refractivity contribution in [1.82, 2.24) is 0 Å². The summed E-state index contributed by atoms with van der Waals surface area (Å²) in [5, 5.41) is 4.88. The van der Waals surface area contributed by atoms with Crippen molar-refractivity contribution >= 4 is 45.6 Å². The Labute approximate surface area is 316 Å². The molecule has 5 nitrogen and oxygen atoms in total. The van der Waals surface area contributed by atoms with Gasteiger partial charge in [-0.05, 0) is 57.5 Å². The molecule has 0 spiro atoms. The smallest absolute Gasteiger partial charge is 0.319 e. The van der Waals surface area contributed by atoms with E-state index in [0.29, 0.717) is 39.3 Å². The van der Waals surface area contributed by atoms with E-state index in [1.54, 1.807) is 0 Å². The molecule has 0 saturated carbocycles. The second-order valence-corrected chi connectivity index (χ2v) is 25.2. The van der Waals surface area contributed by atoms with Gasteiger partial charge >= 0.3 is 8.25 Å². The van der Waals surface area contributed by atoms with Gasteiger partial charge < -0.3 is 17.9 Å². The Morgan fingerprint density at radius 3 is 1.04 bits per heavy atom. The number of benzene rings is 4. The van der Waals surface area contributed by atoms with Crippen molar-refractivity contribution in [2.45, 2.75) is 78.3 Å². The van der Waals surface area contributed by atoms with Crippen molar-refractivity contribution in [2.75, 3.05) is 26.4 Å². The van der Waals surface area contributed by atoms with Crippen LogP contribution in [0.4, 0.5) is 0 Å². The topological polar surface area (TPSA) is 54.0 Å². The van der Waals surface area contributed by atoms with Gasteiger partial charge in [0.2, 0.25) is 0 Å². The SMILES string of the molecule is C/C(=C\CCO[PH](=O)OCC/C=C(\C)CO[Si](c1ccccc1)(c1ccccc1)C(C)(C)C)CO[Si](c1ccccc1)(c1ccccc1)C(C)(C)C. The largest absolute Gasteiger partial charge is 0.403 e. The average molecular weight is 755 g/mol. The minimum absolute atomic E-state index is 0.0832. The van der Waals surface area contributed by atoms with Crippen molar-refractivity contribution < 1.29 is 22.5 Å². The van der Waals surface area contributed by atoms with Crippen LogP contribution >= 0.6 is 8.25 Å². The van der Waals surface area contributed by atoms with Gasteiger partial charge in [-0.25, -0.2) is 0 Å². The lowest BCUT2D eigenvalue weighted by molar-refractivity contribution is 0.231. The first kappa shape index (κ1) is 41.6. The number of hydrogen-bond donors (Lipinski definition) is 0. The van der Waals surface area contributed by atoms with Gasteiger partial charge in [-0.3, -0.25) is 4.57 Å². The molecule has 0 N–H and O–H groups in total. The van der Waals surface area contributed by atoms with Crippen molar-refractivity contribution in [3.8, 4) is 0 Å². The molecule has 0 aliphatic heterocycles. The van der Waals surface area contributed by atoms with Crippen LogP contribution in [-0.4, -0.2) is 43.1 Å². The maximum absolute atomic E-state index is 12.6. The molecule has 278 valence electrons. The molecule has 0 bridgehead atoms. The van der Waals surface area contributed by atoms with Gasteiger partial charge in [0.1, 0.15) is 0 Å². The summed E-state index contributed by atoms with van der Waals surface area (Å²) < 4.78 is 37.8. The maximum atomic E-state index is 12.6. The zero-order valence-corrected chi connectivity index (χ0v) is 35.5. The van der Waals surface area contributed by atoms with Gasteiger partial charge in [0.25, 0.3) is 16.6 Å². The van der Waals surface area contributed by atoms with Gasteiger partial charge in [-0.2, -0.15) is 0 Å². The summed E-state index contributed by atoms with van der Waals surface area (Å²) in [6, 6.07) is 42.7. The van der Waals surface area contributed by atoms with Crippen LogP contribution in [0.25, 0.3) is 0 Å². The zero-order chi connectivity index (χ0) is 37.7. The molecule has 0 aliphatic carbocycles. The zero-order valence-electron chi connectivity index (χ0n) is 32.5. The van der Waals surface area contributed by atoms with Crippen LogP contribution in [0.2, 0.25) is 10.1 Å². The van der Waals surface area contributed by atoms with Crippen LogP contribution in [-0.2, 0) is 22.5 Å². The fraction of sp³-hybridized carbons (Fsp3) is 0.364. The van der Waals surface area contributed by atoms with Crippen LogP contribution in [0.15, 0.2) is 145 Å². The van der Waals surface area contributed by atoms with E-state index in [-0.39, 0.29) is 10.1 Å². The minimum atomic E-state index is -2.61. The van der Waals surface area contributed by atoms with Gasteiger partial charge in [0, 0.05) is 0 Å². The molecule has 0 heterocycles. The summed E-state index contributed by atoms with van der Waals surface area (Å²) in [7, 11) is -7.81. The van der Waals surface area contributed by atoms with E-state index in [2.05, 4.69) is 189 Å². The lowest BCUT2D eigenvalue weighted by Gasteiger charge is -2.43. The lowest BCUT2D eigenvalue weighted by atomic mass is 10.2. The fourth-order valence-corrected chi connectivity index (χ4v) is 16.9. The van der Waals surface area contributed by atoms with Crippen molar-refractivity contribution in [1.29, 1.82) is 0 Å². The van der Waals surface area contributed by atoms with E-state index < -0.39 is 24.9 Å². The molecule has 52 heavy (non-hydrogen) atoms. The van der Waals surface area contributed by atoms with Gasteiger partial charge in [0.15, 0.2) is 0 Å². The van der Waals surface area contributed by atoms with E-state index in [0.717, 1.165) is 11.1 Å². The summed E-state index contributed by atoms with van der Waals surface area (Å²) in [6.07, 6.45) is 5.50. The molecule has 0 radical (unpaired) electrons. The van der Waals surface area contributed by atoms with Gasteiger partial charge in [-0.15, -0.1) is 0 Å². The highest BCUT2D eigenvalue weighted by Gasteiger charge is 2.51. The second kappa shape index (κ2) is 19.3. The normalized spacial score (nSPS) is 13.5. The van der Waals surface area contributed by atoms with Crippen LogP contribution in [0, 0.1) is 0 Å². The number of hydrogen-bond acceptors (Lipinski definition) is 5. The monoisotopic (exact) mass is 754 g/mol. The Balaban J connectivity index is 1.27. The molecule has 8 heteroatoms. The quantitative estimate of drug-likeness (QED) is 0.0439. The summed E-state index contributed by atoms with van der Waals surface area (Å²) in [4.78, 5) is 0. The van der Waals surface area contributed by atoms with Crippen molar-refractivity contribution in [3.05, 3.63) is 145 Å². The van der Waals surface area contributed by atoms with Gasteiger partial charge in [-0.1, -0.05) is 186 Å². The Morgan fingerprint density at radius 1 is 0.519 bits per heavy atom. The highest BCUT2D eigenvalue weighted by molar-refractivity contribution is 7.33. The first-order valence-electron chi connectivity index (χ1n) is 18.4. The standard InChI is InChI=1S/C44H59O5PSi2/c1-37(35-48-51(43(3,4)5,39-25-13-9-14-26-39)40-27-15-10-16-28-40)23-21-33-46-50(45)47-34-22-24-38(2)36-49-52(44(6,7)8,41-29-17-11-18-30-41)42-31-19-12-20-32-42/h9-20,23-32,50H,21-22,33-36H2,1-8H3/b37-23+,38-24+. The van der Waals surface area contributed by atoms with Gasteiger partial charge in [0.05, 0.1) is 26.4 Å². The molecule has 0 saturated heterocycles. The maximum Gasteiger partial charge on any atom is 0.319 e. The second-order valence-electron chi connectivity index (χ2n) is 15.5. The van der Waals surface area contributed by atoms with E-state index in [1.807, 2.05) is 0 Å². The summed E-state index contributed by atoms with van der Waals surface area (Å²) in [5.74, 6) is 0. The molecular formula is C44H59O5PSi2. The third-order valence-corrected chi connectivity index (χ3v) is 20.4. The van der Waals surface area contributed by atoms with Crippen LogP contribution in [0.3, 0.4) is 0 Å². The Hall–Kier alpha value is -3.14. The molecule has 0 aliphatic rings. The van der Waals surface area contributed by atoms with Crippen molar-refractivity contribution in [2.24, 2.45) is 0 Å². The summed E-state index contributed by atoms with van der Waals surface area (Å²) >= 11 is 0. The molecular weight excluding hydrogens is 696 g/mol. The average Bonchev–Trinajstić information content (AvgIpc) is 3.13. The predicted molar refractivity (Wildman–Crippen MR) is 225 cm³/mol. The minimum Gasteiger partial charge on any atom is -0.403 e. The fourth-order valence-electron chi connectivity index (χ4n) is 7.02. The van der Waals surface area contributed by atoms with Crippen LogP contribution < -0.4 is 20.7 Å². The summed E-state index contributed by atoms with van der Waals surface area (Å²) in [6.45, 7) is 19.6. The van der Waals surface area contributed by atoms with E-state index in [9.17, 15) is 4.57 Å². The van der Waals surface area contributed by atoms with Crippen LogP contribution in [0.5, 0.6) is 0 Å². The third-order valence-electron chi connectivity index (χ3n) is 9.53. The highest BCUT2D eigenvalue weighted by atomic mass is 31.1. The first-order chi connectivity index (χ1) is 24.8. The molecule has 0 unspecified atom stereocenters. The third kappa shape index (κ3) is 10.5. The summed E-state index contributed by atoms with van der Waals surface area (Å²) in [5.41, 5.74) is 2.25. The first-order valence-corrected chi connectivity index (χ1v) is 23.5. The highest BCUT2D eigenvalue weighted by Crippen LogP contribution is 2.38. The Morgan fingerprint density at radius 2 is 0.788 bits per heavy atom. The van der Waals surface area contributed by atoms with E-state index in [1.165, 1.54) is 20.7 Å². The van der Waals surface area contributed by atoms with E-state index >= 15 is 0 Å². The Bertz CT molecular complexity index is 1520. The van der Waals surface area contributed by atoms with Crippen molar-refractivity contribution in [3.63, 3.8) is 0 Å². The molecule has 0 amide bonds.